The van der Waals surface area contributed by atoms with Gasteiger partial charge >= 0.3 is 31.0 Å². The summed E-state index contributed by atoms with van der Waals surface area (Å²) in [7, 11) is -2.24. The van der Waals surface area contributed by atoms with E-state index in [1.807, 2.05) is 0 Å². The zero-order valence-electron chi connectivity index (χ0n) is 1.54. The first-order valence-corrected chi connectivity index (χ1v) is 2.60. The zero-order valence-corrected chi connectivity index (χ0v) is 3.35. The fraction of sp³-hybridized carbons (Fsp3) is 1.00. The van der Waals surface area contributed by atoms with Gasteiger partial charge in [0.2, 0.25) is 0 Å². The van der Waals surface area contributed by atoms with E-state index in [2.05, 4.69) is 13.9 Å². The Hall–Kier alpha value is 0.314. The van der Waals surface area contributed by atoms with Gasteiger partial charge in [0, 0.05) is 0 Å². The van der Waals surface area contributed by atoms with Crippen LogP contribution in [0, 0.1) is 0 Å². The zero-order chi connectivity index (χ0) is 3.58. The molecule has 0 aromatic heterocycles. The van der Waals surface area contributed by atoms with Crippen LogP contribution in [0.3, 0.4) is 0 Å². The minimum atomic E-state index is -2.24. The molecule has 0 spiro atoms. The van der Waals surface area contributed by atoms with E-state index in [1.54, 1.807) is 0 Å². The summed E-state index contributed by atoms with van der Waals surface area (Å²) < 4.78 is 17.7. The maximum absolute atomic E-state index is 8.83. The molecule has 0 aromatic carbocycles. The second-order valence-electron chi connectivity index (χ2n) is 0.173. The predicted octanol–water partition coefficient (Wildman–Crippen LogP) is -0.0366. The average Bonchev–Trinajstić information content (AvgIpc) is 0.811. The predicted molar refractivity (Wildman–Crippen MR) is 15.7 cm³/mol. The van der Waals surface area contributed by atoms with E-state index >= 15 is 0 Å². The Morgan fingerprint density at radius 2 is 1.40 bits per heavy atom. The van der Waals surface area contributed by atoms with Gasteiger partial charge in [-0.05, 0) is 0 Å². The van der Waals surface area contributed by atoms with Crippen molar-refractivity contribution in [2.75, 3.05) is 0 Å². The molecule has 2 nitrogen and oxygen atoms in total. The molecule has 0 aromatic rings. The van der Waals surface area contributed by atoms with Gasteiger partial charge < -0.3 is 0 Å². The molecular formula is CH4NiO2S. The molecule has 0 heterocycles. The van der Waals surface area contributed by atoms with Crippen molar-refractivity contribution in [2.45, 2.75) is 7.43 Å². The second-order valence-corrected chi connectivity index (χ2v) is 1.51. The standard InChI is InChI=1S/CH4.Ni.O2S/c;;1-3-2/h1H4;;. The van der Waals surface area contributed by atoms with Gasteiger partial charge in [-0.15, -0.1) is 0 Å². The molecule has 4 heteroatoms. The monoisotopic (exact) mass is 138 g/mol. The summed E-state index contributed by atoms with van der Waals surface area (Å²) in [6, 6.07) is 0. The van der Waals surface area contributed by atoms with Gasteiger partial charge in [0.25, 0.3) is 0 Å². The molecule has 0 fully saturated rings. The Labute approximate surface area is 39.0 Å². The van der Waals surface area contributed by atoms with Crippen LogP contribution in [0.15, 0.2) is 0 Å². The molecule has 0 aliphatic carbocycles. The van der Waals surface area contributed by atoms with Crippen molar-refractivity contribution in [3.05, 3.63) is 0 Å². The van der Waals surface area contributed by atoms with Crippen LogP contribution < -0.4 is 0 Å². The van der Waals surface area contributed by atoms with Crippen molar-refractivity contribution in [1.82, 2.24) is 0 Å². The van der Waals surface area contributed by atoms with Gasteiger partial charge in [0.15, 0.2) is 0 Å². The molecule has 0 N–H and O–H groups in total. The fourth-order valence-corrected chi connectivity index (χ4v) is 0. The average molecular weight is 139 g/mol. The quantitative estimate of drug-likeness (QED) is 0.441. The van der Waals surface area contributed by atoms with Crippen LogP contribution in [0.4, 0.5) is 0 Å². The van der Waals surface area contributed by atoms with E-state index in [4.69, 9.17) is 8.42 Å². The van der Waals surface area contributed by atoms with Gasteiger partial charge in [0.05, 0.1) is 0 Å². The van der Waals surface area contributed by atoms with E-state index < -0.39 is 8.73 Å². The van der Waals surface area contributed by atoms with Gasteiger partial charge in [-0.3, -0.25) is 0 Å². The Kier molecular flexibility index (Phi) is 7.77. The summed E-state index contributed by atoms with van der Waals surface area (Å²) >= 11 is 3.29. The van der Waals surface area contributed by atoms with Crippen LogP contribution in [0.5, 0.6) is 0 Å². The van der Waals surface area contributed by atoms with Crippen LogP contribution in [-0.2, 0) is 22.6 Å². The number of hydrogen-bond donors (Lipinski definition) is 0. The molecule has 0 saturated heterocycles. The molecule has 0 atom stereocenters. The summed E-state index contributed by atoms with van der Waals surface area (Å²) in [4.78, 5) is 0. The molecule has 0 rings (SSSR count). The summed E-state index contributed by atoms with van der Waals surface area (Å²) in [5, 5.41) is 0. The summed E-state index contributed by atoms with van der Waals surface area (Å²) in [6.45, 7) is 0. The Morgan fingerprint density at radius 1 is 1.40 bits per heavy atom. The van der Waals surface area contributed by atoms with Crippen LogP contribution >= 0.6 is 0 Å². The van der Waals surface area contributed by atoms with E-state index in [1.165, 1.54) is 0 Å². The summed E-state index contributed by atoms with van der Waals surface area (Å²) in [5.41, 5.74) is 0. The molecule has 0 amide bonds. The molecule has 0 saturated carbocycles. The van der Waals surface area contributed by atoms with E-state index in [0.29, 0.717) is 0 Å². The third-order valence-electron chi connectivity index (χ3n) is 0. The summed E-state index contributed by atoms with van der Waals surface area (Å²) in [6.07, 6.45) is 0. The molecular weight excluding hydrogens is 135 g/mol. The Morgan fingerprint density at radius 3 is 1.40 bits per heavy atom. The van der Waals surface area contributed by atoms with Crippen LogP contribution in [0.25, 0.3) is 0 Å². The Bertz CT molecular complexity index is 79.0. The third kappa shape index (κ3) is 235. The molecule has 0 unspecified atom stereocenters. The maximum atomic E-state index is 8.83. The summed E-state index contributed by atoms with van der Waals surface area (Å²) in [5.74, 6) is 0. The topological polar surface area (TPSA) is 34.1 Å². The molecule has 0 bridgehead atoms. The molecule has 36 valence electrons. The van der Waals surface area contributed by atoms with Gasteiger partial charge in [-0.1, -0.05) is 7.43 Å². The molecule has 5 heavy (non-hydrogen) atoms. The first-order chi connectivity index (χ1) is 1.73. The van der Waals surface area contributed by atoms with Crippen LogP contribution in [0.2, 0.25) is 0 Å². The third-order valence-corrected chi connectivity index (χ3v) is 0. The molecule has 0 aliphatic rings. The van der Waals surface area contributed by atoms with Crippen molar-refractivity contribution in [2.24, 2.45) is 0 Å². The van der Waals surface area contributed by atoms with Crippen molar-refractivity contribution < 1.29 is 22.3 Å². The van der Waals surface area contributed by atoms with Crippen molar-refractivity contribution in [3.8, 4) is 0 Å². The first-order valence-electron chi connectivity index (χ1n) is 0.462. The van der Waals surface area contributed by atoms with Crippen LogP contribution in [0.1, 0.15) is 7.43 Å². The van der Waals surface area contributed by atoms with Gasteiger partial charge in [-0.2, -0.15) is 0 Å². The first kappa shape index (κ1) is 9.00. The Balaban J connectivity index is 0. The molecule has 0 radical (unpaired) electrons. The minimum absolute atomic E-state index is 0. The van der Waals surface area contributed by atoms with Crippen LogP contribution in [-0.4, -0.2) is 8.42 Å². The molecule has 0 aliphatic heterocycles. The van der Waals surface area contributed by atoms with Crippen molar-refractivity contribution in [1.29, 1.82) is 0 Å². The van der Waals surface area contributed by atoms with E-state index in [0.717, 1.165) is 0 Å². The van der Waals surface area contributed by atoms with Crippen molar-refractivity contribution in [3.63, 3.8) is 0 Å². The van der Waals surface area contributed by atoms with Crippen molar-refractivity contribution >= 4 is 8.73 Å². The normalized spacial score (nSPS) is 5.20. The van der Waals surface area contributed by atoms with Gasteiger partial charge in [0.1, 0.15) is 0 Å². The fourth-order valence-electron chi connectivity index (χ4n) is 0. The van der Waals surface area contributed by atoms with E-state index in [-0.39, 0.29) is 7.43 Å². The number of rotatable bonds is 0. The van der Waals surface area contributed by atoms with Gasteiger partial charge in [-0.25, -0.2) is 0 Å². The van der Waals surface area contributed by atoms with E-state index in [9.17, 15) is 0 Å². The SMILES string of the molecule is C.O=[S](=O)=[Ni]. The number of hydrogen-bond acceptors (Lipinski definition) is 2. The second kappa shape index (κ2) is 4.31.